The summed E-state index contributed by atoms with van der Waals surface area (Å²) in [5, 5.41) is 4.57. The topological polar surface area (TPSA) is 64.3 Å². The molecule has 1 aromatic rings. The summed E-state index contributed by atoms with van der Waals surface area (Å²) in [4.78, 5) is 11.6. The van der Waals surface area contributed by atoms with Crippen LogP contribution in [-0.4, -0.2) is 18.2 Å². The van der Waals surface area contributed by atoms with Crippen LogP contribution in [0.4, 0.5) is 5.69 Å². The van der Waals surface area contributed by atoms with E-state index in [-0.39, 0.29) is 5.11 Å². The van der Waals surface area contributed by atoms with Crippen LogP contribution in [0.5, 0.6) is 0 Å². The standard InChI is InChI=1S/C7H8N2O2S2/c1-11-6(10)5-4(2-3-13-5)9-7(8)12/h2-3H,1H3,(H3,8,9,12). The molecule has 1 rings (SSSR count). The second-order valence-electron chi connectivity index (χ2n) is 2.14. The van der Waals surface area contributed by atoms with Crippen LogP contribution in [0.25, 0.3) is 0 Å². The minimum atomic E-state index is -0.395. The Morgan fingerprint density at radius 2 is 2.46 bits per heavy atom. The van der Waals surface area contributed by atoms with Crippen LogP contribution in [0.2, 0.25) is 0 Å². The average molecular weight is 216 g/mol. The van der Waals surface area contributed by atoms with Crippen molar-refractivity contribution in [1.82, 2.24) is 0 Å². The molecule has 0 fully saturated rings. The normalized spacial score (nSPS) is 9.31. The highest BCUT2D eigenvalue weighted by Crippen LogP contribution is 2.22. The maximum atomic E-state index is 11.1. The van der Waals surface area contributed by atoms with E-state index in [4.69, 9.17) is 5.73 Å². The Hall–Kier alpha value is -1.14. The summed E-state index contributed by atoms with van der Waals surface area (Å²) in [6.45, 7) is 0. The fourth-order valence-corrected chi connectivity index (χ4v) is 1.67. The first kappa shape index (κ1) is 9.94. The number of rotatable bonds is 2. The van der Waals surface area contributed by atoms with Gasteiger partial charge in [-0.3, -0.25) is 0 Å². The zero-order valence-electron chi connectivity index (χ0n) is 6.87. The van der Waals surface area contributed by atoms with E-state index >= 15 is 0 Å². The first-order valence-electron chi connectivity index (χ1n) is 3.37. The Bertz CT molecular complexity index is 335. The highest BCUT2D eigenvalue weighted by molar-refractivity contribution is 7.80. The number of anilines is 1. The van der Waals surface area contributed by atoms with Gasteiger partial charge in [0.2, 0.25) is 0 Å². The second-order valence-corrected chi connectivity index (χ2v) is 3.50. The van der Waals surface area contributed by atoms with E-state index in [1.165, 1.54) is 18.4 Å². The average Bonchev–Trinajstić information content (AvgIpc) is 2.50. The van der Waals surface area contributed by atoms with Gasteiger partial charge in [0.05, 0.1) is 12.8 Å². The molecular weight excluding hydrogens is 208 g/mol. The molecule has 3 N–H and O–H groups in total. The summed E-state index contributed by atoms with van der Waals surface area (Å²) >= 11 is 5.92. The van der Waals surface area contributed by atoms with Gasteiger partial charge >= 0.3 is 5.97 Å². The van der Waals surface area contributed by atoms with Crippen LogP contribution in [0, 0.1) is 0 Å². The van der Waals surface area contributed by atoms with Gasteiger partial charge in [-0.25, -0.2) is 4.79 Å². The minimum absolute atomic E-state index is 0.128. The molecule has 0 aliphatic carbocycles. The molecular formula is C7H8N2O2S2. The van der Waals surface area contributed by atoms with Crippen molar-refractivity contribution < 1.29 is 9.53 Å². The molecule has 0 unspecified atom stereocenters. The van der Waals surface area contributed by atoms with Gasteiger partial charge in [-0.1, -0.05) is 0 Å². The molecule has 0 aliphatic heterocycles. The molecule has 1 heterocycles. The largest absolute Gasteiger partial charge is 0.465 e. The van der Waals surface area contributed by atoms with Gasteiger partial charge in [0.15, 0.2) is 5.11 Å². The molecule has 0 spiro atoms. The molecule has 0 bridgehead atoms. The number of carbonyl (C=O) groups is 1. The molecule has 13 heavy (non-hydrogen) atoms. The molecule has 0 radical (unpaired) electrons. The van der Waals surface area contributed by atoms with Crippen molar-refractivity contribution in [2.75, 3.05) is 12.4 Å². The third-order valence-corrected chi connectivity index (χ3v) is 2.29. The van der Waals surface area contributed by atoms with Crippen molar-refractivity contribution in [2.45, 2.75) is 0 Å². The summed E-state index contributed by atoms with van der Waals surface area (Å²) in [5.74, 6) is -0.395. The van der Waals surface area contributed by atoms with Crippen molar-refractivity contribution in [3.63, 3.8) is 0 Å². The number of thiocarbonyl (C=S) groups is 1. The Kier molecular flexibility index (Phi) is 3.21. The predicted molar refractivity (Wildman–Crippen MR) is 56.1 cm³/mol. The van der Waals surface area contributed by atoms with Crippen molar-refractivity contribution >= 4 is 40.3 Å². The number of esters is 1. The number of carbonyl (C=O) groups excluding carboxylic acids is 1. The molecule has 1 aromatic heterocycles. The molecule has 0 saturated carbocycles. The predicted octanol–water partition coefficient (Wildman–Crippen LogP) is 1.19. The third-order valence-electron chi connectivity index (χ3n) is 1.29. The number of hydrogen-bond donors (Lipinski definition) is 2. The fourth-order valence-electron chi connectivity index (χ4n) is 0.791. The molecule has 4 nitrogen and oxygen atoms in total. The van der Waals surface area contributed by atoms with Crippen molar-refractivity contribution in [1.29, 1.82) is 0 Å². The lowest BCUT2D eigenvalue weighted by molar-refractivity contribution is 0.0607. The summed E-state index contributed by atoms with van der Waals surface area (Å²) in [5.41, 5.74) is 5.85. The van der Waals surface area contributed by atoms with Gasteiger partial charge in [0, 0.05) is 0 Å². The summed E-state index contributed by atoms with van der Waals surface area (Å²) < 4.78 is 4.56. The molecule has 0 aliphatic rings. The first-order chi connectivity index (χ1) is 6.15. The van der Waals surface area contributed by atoms with Crippen LogP contribution >= 0.6 is 23.6 Å². The number of thiophene rings is 1. The number of methoxy groups -OCH3 is 1. The molecule has 0 amide bonds. The summed E-state index contributed by atoms with van der Waals surface area (Å²) in [6, 6.07) is 1.72. The van der Waals surface area contributed by atoms with Crippen LogP contribution in [-0.2, 0) is 4.74 Å². The zero-order valence-corrected chi connectivity index (χ0v) is 8.50. The van der Waals surface area contributed by atoms with Gasteiger partial charge in [-0.2, -0.15) is 0 Å². The van der Waals surface area contributed by atoms with Crippen molar-refractivity contribution in [3.05, 3.63) is 16.3 Å². The van der Waals surface area contributed by atoms with Gasteiger partial charge in [0.25, 0.3) is 0 Å². The third kappa shape index (κ3) is 2.40. The van der Waals surface area contributed by atoms with E-state index in [0.29, 0.717) is 10.6 Å². The van der Waals surface area contributed by atoms with E-state index in [2.05, 4.69) is 22.3 Å². The number of hydrogen-bond acceptors (Lipinski definition) is 4. The van der Waals surface area contributed by atoms with E-state index in [0.717, 1.165) is 0 Å². The van der Waals surface area contributed by atoms with E-state index in [1.54, 1.807) is 11.4 Å². The monoisotopic (exact) mass is 216 g/mol. The van der Waals surface area contributed by atoms with Crippen LogP contribution < -0.4 is 11.1 Å². The highest BCUT2D eigenvalue weighted by Gasteiger charge is 2.13. The Morgan fingerprint density at radius 1 is 1.77 bits per heavy atom. The number of nitrogens with one attached hydrogen (secondary N) is 1. The SMILES string of the molecule is COC(=O)c1sccc1NC(N)=S. The Balaban J connectivity index is 2.89. The molecule has 6 heteroatoms. The first-order valence-corrected chi connectivity index (χ1v) is 4.66. The number of ether oxygens (including phenoxy) is 1. The smallest absolute Gasteiger partial charge is 0.350 e. The van der Waals surface area contributed by atoms with Gasteiger partial charge in [0.1, 0.15) is 4.88 Å². The fraction of sp³-hybridized carbons (Fsp3) is 0.143. The highest BCUT2D eigenvalue weighted by atomic mass is 32.1. The van der Waals surface area contributed by atoms with Gasteiger partial charge < -0.3 is 15.8 Å². The lowest BCUT2D eigenvalue weighted by Gasteiger charge is -2.02. The lowest BCUT2D eigenvalue weighted by atomic mass is 10.4. The summed E-state index contributed by atoms with van der Waals surface area (Å²) in [7, 11) is 1.33. The lowest BCUT2D eigenvalue weighted by Crippen LogP contribution is -2.19. The summed E-state index contributed by atoms with van der Waals surface area (Å²) in [6.07, 6.45) is 0. The van der Waals surface area contributed by atoms with Crippen molar-refractivity contribution in [3.8, 4) is 0 Å². The van der Waals surface area contributed by atoms with Crippen molar-refractivity contribution in [2.24, 2.45) is 5.73 Å². The van der Waals surface area contributed by atoms with Crippen LogP contribution in [0.1, 0.15) is 9.67 Å². The van der Waals surface area contributed by atoms with Crippen LogP contribution in [0.3, 0.4) is 0 Å². The Morgan fingerprint density at radius 3 is 3.00 bits per heavy atom. The maximum Gasteiger partial charge on any atom is 0.350 e. The molecule has 0 saturated heterocycles. The molecule has 0 aromatic carbocycles. The van der Waals surface area contributed by atoms with E-state index in [9.17, 15) is 4.79 Å². The number of nitrogens with two attached hydrogens (primary N) is 1. The quantitative estimate of drug-likeness (QED) is 0.574. The van der Waals surface area contributed by atoms with Gasteiger partial charge in [-0.15, -0.1) is 11.3 Å². The van der Waals surface area contributed by atoms with Crippen LogP contribution in [0.15, 0.2) is 11.4 Å². The zero-order chi connectivity index (χ0) is 9.84. The minimum Gasteiger partial charge on any atom is -0.465 e. The van der Waals surface area contributed by atoms with E-state index in [1.807, 2.05) is 0 Å². The second kappa shape index (κ2) is 4.20. The maximum absolute atomic E-state index is 11.1. The van der Waals surface area contributed by atoms with Gasteiger partial charge in [-0.05, 0) is 23.7 Å². The van der Waals surface area contributed by atoms with E-state index < -0.39 is 5.97 Å². The Labute approximate surface area is 84.7 Å². The molecule has 0 atom stereocenters. The molecule has 70 valence electrons.